The van der Waals surface area contributed by atoms with Gasteiger partial charge in [-0.3, -0.25) is 4.79 Å². The van der Waals surface area contributed by atoms with Crippen molar-refractivity contribution in [1.29, 1.82) is 0 Å². The van der Waals surface area contributed by atoms with Gasteiger partial charge in [-0.2, -0.15) is 5.10 Å². The quantitative estimate of drug-likeness (QED) is 0.907. The van der Waals surface area contributed by atoms with Gasteiger partial charge in [0.1, 0.15) is 11.5 Å². The number of hydrogen-bond donors (Lipinski definition) is 1. The maximum Gasteiger partial charge on any atom is 0.257 e. The van der Waals surface area contributed by atoms with E-state index in [4.69, 9.17) is 5.73 Å². The van der Waals surface area contributed by atoms with Gasteiger partial charge in [-0.25, -0.2) is 9.07 Å². The fourth-order valence-electron chi connectivity index (χ4n) is 3.40. The Balaban J connectivity index is 0.00000225. The third-order valence-electron chi connectivity index (χ3n) is 4.74. The number of carbonyl (C=O) groups excluding carboxylic acids is 1. The smallest absolute Gasteiger partial charge is 0.257 e. The molecule has 25 heavy (non-hydrogen) atoms. The summed E-state index contributed by atoms with van der Waals surface area (Å²) in [4.78, 5) is 14.8. The number of carbonyl (C=O) groups is 1. The molecule has 3 rings (SSSR count). The molecule has 2 N–H and O–H groups in total. The maximum atomic E-state index is 14.0. The molecule has 1 aromatic carbocycles. The molecule has 0 aliphatic carbocycles. The molecule has 0 saturated carbocycles. The van der Waals surface area contributed by atoms with Crippen LogP contribution in [0.4, 0.5) is 4.39 Å². The summed E-state index contributed by atoms with van der Waals surface area (Å²) < 4.78 is 15.5. The van der Waals surface area contributed by atoms with Crippen molar-refractivity contribution in [2.24, 2.45) is 5.73 Å². The highest BCUT2D eigenvalue weighted by Gasteiger charge is 2.31. The highest BCUT2D eigenvalue weighted by molar-refractivity contribution is 5.95. The number of rotatable bonds is 3. The lowest BCUT2D eigenvalue weighted by Gasteiger charge is -2.38. The van der Waals surface area contributed by atoms with Gasteiger partial charge in [-0.1, -0.05) is 12.1 Å². The maximum absolute atomic E-state index is 14.0. The van der Waals surface area contributed by atoms with Gasteiger partial charge in [0.05, 0.1) is 17.5 Å². The standard InChI is InChI=1S/C18H23FN4O.ClH/c1-12(20)16-8-5-6-10-22(16)18(24)14-11-21-23(13(14)2)17-9-4-3-7-15(17)19;/h3-4,7,9,11-12,16H,5-6,8,10,20H2,1-2H3;1H. The van der Waals surface area contributed by atoms with E-state index in [1.165, 1.54) is 16.9 Å². The van der Waals surface area contributed by atoms with Crippen LogP contribution >= 0.6 is 12.4 Å². The van der Waals surface area contributed by atoms with Crippen LogP contribution < -0.4 is 5.73 Å². The van der Waals surface area contributed by atoms with Crippen molar-refractivity contribution in [2.75, 3.05) is 6.54 Å². The number of likely N-dealkylation sites (tertiary alicyclic amines) is 1. The summed E-state index contributed by atoms with van der Waals surface area (Å²) in [6.45, 7) is 4.43. The van der Waals surface area contributed by atoms with Gasteiger partial charge in [0.2, 0.25) is 0 Å². The van der Waals surface area contributed by atoms with Gasteiger partial charge < -0.3 is 10.6 Å². The molecule has 0 bridgehead atoms. The van der Waals surface area contributed by atoms with Crippen molar-refractivity contribution in [2.45, 2.75) is 45.2 Å². The van der Waals surface area contributed by atoms with Crippen molar-refractivity contribution in [3.63, 3.8) is 0 Å². The molecule has 1 aliphatic heterocycles. The van der Waals surface area contributed by atoms with E-state index < -0.39 is 0 Å². The van der Waals surface area contributed by atoms with Crippen LogP contribution in [0.1, 0.15) is 42.2 Å². The molecular formula is C18H24ClFN4O. The molecule has 1 saturated heterocycles. The number of piperidine rings is 1. The first-order chi connectivity index (χ1) is 11.5. The van der Waals surface area contributed by atoms with Crippen molar-refractivity contribution in [1.82, 2.24) is 14.7 Å². The van der Waals surface area contributed by atoms with E-state index in [1.807, 2.05) is 11.8 Å². The van der Waals surface area contributed by atoms with Crippen molar-refractivity contribution >= 4 is 18.3 Å². The van der Waals surface area contributed by atoms with Crippen LogP contribution in [0.15, 0.2) is 30.5 Å². The van der Waals surface area contributed by atoms with E-state index in [9.17, 15) is 9.18 Å². The van der Waals surface area contributed by atoms with Crippen LogP contribution in [-0.2, 0) is 0 Å². The lowest BCUT2D eigenvalue weighted by Crippen LogP contribution is -2.51. The predicted molar refractivity (Wildman–Crippen MR) is 97.8 cm³/mol. The number of benzene rings is 1. The summed E-state index contributed by atoms with van der Waals surface area (Å²) >= 11 is 0. The zero-order valence-electron chi connectivity index (χ0n) is 14.5. The first kappa shape index (κ1) is 19.4. The number of nitrogens with two attached hydrogens (primary N) is 1. The van der Waals surface area contributed by atoms with Gasteiger partial charge in [0, 0.05) is 18.6 Å². The van der Waals surface area contributed by atoms with Crippen molar-refractivity contribution in [3.05, 3.63) is 47.5 Å². The molecule has 7 heteroatoms. The zero-order chi connectivity index (χ0) is 17.3. The Morgan fingerprint density at radius 2 is 2.08 bits per heavy atom. The van der Waals surface area contributed by atoms with Crippen molar-refractivity contribution < 1.29 is 9.18 Å². The molecule has 1 aliphatic rings. The van der Waals surface area contributed by atoms with E-state index in [0.29, 0.717) is 23.5 Å². The second-order valence-corrected chi connectivity index (χ2v) is 6.43. The molecule has 2 unspecified atom stereocenters. The normalized spacial score (nSPS) is 18.6. The monoisotopic (exact) mass is 366 g/mol. The van der Waals surface area contributed by atoms with Gasteiger partial charge in [-0.05, 0) is 45.2 Å². The van der Waals surface area contributed by atoms with E-state index in [1.54, 1.807) is 25.1 Å². The Bertz CT molecular complexity index is 746. The first-order valence-corrected chi connectivity index (χ1v) is 8.36. The summed E-state index contributed by atoms with van der Waals surface area (Å²) in [5.74, 6) is -0.439. The Morgan fingerprint density at radius 1 is 1.36 bits per heavy atom. The molecule has 0 radical (unpaired) electrons. The molecule has 2 aromatic rings. The predicted octanol–water partition coefficient (Wildman–Crippen LogP) is 3.08. The molecule has 1 aromatic heterocycles. The van der Waals surface area contributed by atoms with Gasteiger partial charge >= 0.3 is 0 Å². The number of halogens is 2. The highest BCUT2D eigenvalue weighted by Crippen LogP contribution is 2.24. The largest absolute Gasteiger partial charge is 0.334 e. The summed E-state index contributed by atoms with van der Waals surface area (Å²) in [6, 6.07) is 6.38. The Kier molecular flexibility index (Phi) is 6.19. The van der Waals surface area contributed by atoms with Crippen LogP contribution in [0.5, 0.6) is 0 Å². The number of hydrogen-bond acceptors (Lipinski definition) is 3. The lowest BCUT2D eigenvalue weighted by molar-refractivity contribution is 0.0583. The lowest BCUT2D eigenvalue weighted by atomic mass is 9.96. The summed E-state index contributed by atoms with van der Waals surface area (Å²) in [6.07, 6.45) is 4.51. The minimum Gasteiger partial charge on any atom is -0.334 e. The van der Waals surface area contributed by atoms with Gasteiger partial charge in [-0.15, -0.1) is 12.4 Å². The van der Waals surface area contributed by atoms with Crippen molar-refractivity contribution in [3.8, 4) is 5.69 Å². The zero-order valence-corrected chi connectivity index (χ0v) is 15.3. The fraction of sp³-hybridized carbons (Fsp3) is 0.444. The molecule has 0 spiro atoms. The molecule has 1 amide bonds. The van der Waals surface area contributed by atoms with E-state index >= 15 is 0 Å². The topological polar surface area (TPSA) is 64.2 Å². The molecule has 2 heterocycles. The number of aromatic nitrogens is 2. The van der Waals surface area contributed by atoms with Crippen LogP contribution in [0.2, 0.25) is 0 Å². The average Bonchev–Trinajstić information content (AvgIpc) is 2.96. The van der Waals surface area contributed by atoms with Crippen LogP contribution in [0, 0.1) is 12.7 Å². The molecule has 2 atom stereocenters. The molecular weight excluding hydrogens is 343 g/mol. The highest BCUT2D eigenvalue weighted by atomic mass is 35.5. The number of para-hydroxylation sites is 1. The van der Waals surface area contributed by atoms with Crippen LogP contribution in [-0.4, -0.2) is 39.2 Å². The van der Waals surface area contributed by atoms with Gasteiger partial charge in [0.25, 0.3) is 5.91 Å². The SMILES string of the molecule is Cc1c(C(=O)N2CCCCC2C(C)N)cnn1-c1ccccc1F.Cl. The second kappa shape index (κ2) is 7.97. The fourth-order valence-corrected chi connectivity index (χ4v) is 3.40. The van der Waals surface area contributed by atoms with Gasteiger partial charge in [0.15, 0.2) is 0 Å². The number of nitrogens with zero attached hydrogens (tertiary/aromatic N) is 3. The molecule has 5 nitrogen and oxygen atoms in total. The second-order valence-electron chi connectivity index (χ2n) is 6.43. The minimum absolute atomic E-state index is 0. The summed E-state index contributed by atoms with van der Waals surface area (Å²) in [5, 5.41) is 4.23. The third kappa shape index (κ3) is 3.70. The Labute approximate surface area is 153 Å². The van der Waals surface area contributed by atoms with Crippen LogP contribution in [0.3, 0.4) is 0 Å². The number of amides is 1. The summed E-state index contributed by atoms with van der Waals surface area (Å²) in [5.41, 5.74) is 7.55. The molecule has 136 valence electrons. The summed E-state index contributed by atoms with van der Waals surface area (Å²) in [7, 11) is 0. The van der Waals surface area contributed by atoms with E-state index in [2.05, 4.69) is 5.10 Å². The van der Waals surface area contributed by atoms with E-state index in [-0.39, 0.29) is 36.2 Å². The minimum atomic E-state index is -0.367. The average molecular weight is 367 g/mol. The molecule has 1 fully saturated rings. The Morgan fingerprint density at radius 3 is 2.76 bits per heavy atom. The van der Waals surface area contributed by atoms with E-state index in [0.717, 1.165) is 19.3 Å². The third-order valence-corrected chi connectivity index (χ3v) is 4.74. The Hall–Kier alpha value is -1.92. The first-order valence-electron chi connectivity index (χ1n) is 8.36. The van der Waals surface area contributed by atoms with Crippen LogP contribution in [0.25, 0.3) is 5.69 Å².